The van der Waals surface area contributed by atoms with E-state index in [4.69, 9.17) is 4.74 Å². The standard InChI is InChI=1S/C31H31F2N3O3.C2H6/c1-29-18-36(17-19-3-5-21(6-4-19)30(33)11-2-12-30)14-13-31(29,39-29)24-8-9-25-23(27(24)32)15-20(16-34-25)22-7-10-26(37)35-28(22)38;1-2/h3-6,8-9,15-16,22H,2,7,10-14,17-18H2,1H3,(H,35,37,38);1-2H3. The summed E-state index contributed by atoms with van der Waals surface area (Å²) in [6.45, 7) is 8.17. The summed E-state index contributed by atoms with van der Waals surface area (Å²) in [6, 6.07) is 13.2. The second-order valence-electron chi connectivity index (χ2n) is 11.9. The lowest BCUT2D eigenvalue weighted by atomic mass is 9.76. The molecule has 3 unspecified atom stereocenters. The Bertz CT molecular complexity index is 1510. The third-order valence-corrected chi connectivity index (χ3v) is 9.44. The molecule has 0 spiro atoms. The van der Waals surface area contributed by atoms with E-state index in [0.29, 0.717) is 54.3 Å². The van der Waals surface area contributed by atoms with Gasteiger partial charge in [0.15, 0.2) is 0 Å². The fourth-order valence-corrected chi connectivity index (χ4v) is 6.90. The van der Waals surface area contributed by atoms with E-state index in [0.717, 1.165) is 30.6 Å². The highest BCUT2D eigenvalue weighted by Crippen LogP contribution is 2.61. The van der Waals surface area contributed by atoms with E-state index in [2.05, 4.69) is 15.2 Å². The zero-order valence-corrected chi connectivity index (χ0v) is 23.9. The van der Waals surface area contributed by atoms with Crippen molar-refractivity contribution in [1.29, 1.82) is 0 Å². The second kappa shape index (κ2) is 10.2. The monoisotopic (exact) mass is 561 g/mol. The Morgan fingerprint density at radius 1 is 1.10 bits per heavy atom. The number of halogens is 2. The van der Waals surface area contributed by atoms with Crippen molar-refractivity contribution >= 4 is 22.7 Å². The summed E-state index contributed by atoms with van der Waals surface area (Å²) in [5, 5.41) is 2.73. The minimum Gasteiger partial charge on any atom is -0.356 e. The number of alkyl halides is 1. The predicted molar refractivity (Wildman–Crippen MR) is 152 cm³/mol. The molecule has 4 fully saturated rings. The van der Waals surface area contributed by atoms with E-state index < -0.39 is 22.8 Å². The first kappa shape index (κ1) is 27.9. The number of nitrogens with one attached hydrogen (secondary N) is 1. The van der Waals surface area contributed by atoms with Crippen molar-refractivity contribution < 1.29 is 23.1 Å². The Balaban J connectivity index is 0.00000148. The Labute approximate surface area is 239 Å². The first-order chi connectivity index (χ1) is 19.7. The van der Waals surface area contributed by atoms with E-state index in [9.17, 15) is 14.0 Å². The first-order valence-corrected chi connectivity index (χ1v) is 14.8. The van der Waals surface area contributed by atoms with Gasteiger partial charge in [-0.1, -0.05) is 44.2 Å². The van der Waals surface area contributed by atoms with Crippen LogP contribution in [0.4, 0.5) is 8.78 Å². The van der Waals surface area contributed by atoms with Crippen LogP contribution in [0.25, 0.3) is 10.9 Å². The van der Waals surface area contributed by atoms with Gasteiger partial charge in [0.2, 0.25) is 11.8 Å². The van der Waals surface area contributed by atoms with Gasteiger partial charge < -0.3 is 4.74 Å². The average molecular weight is 562 g/mol. The highest BCUT2D eigenvalue weighted by Gasteiger charge is 2.70. The summed E-state index contributed by atoms with van der Waals surface area (Å²) >= 11 is 0. The number of likely N-dealkylation sites (tertiary alicyclic amines) is 1. The molecule has 2 aromatic carbocycles. The van der Waals surface area contributed by atoms with Gasteiger partial charge in [0.05, 0.1) is 11.4 Å². The SMILES string of the molecule is CC.CC12CN(Cc3ccc(C4(F)CCC4)cc3)CCC1(c1ccc3ncc(C4CCC(=O)NC4=O)cc3c1F)O2. The number of piperidine rings is 2. The fourth-order valence-electron chi connectivity index (χ4n) is 6.90. The zero-order chi connectivity index (χ0) is 29.0. The number of benzene rings is 2. The summed E-state index contributed by atoms with van der Waals surface area (Å²) in [5.41, 5.74) is 1.17. The van der Waals surface area contributed by atoms with Crippen LogP contribution >= 0.6 is 0 Å². The van der Waals surface area contributed by atoms with E-state index in [1.807, 2.05) is 51.1 Å². The molecule has 1 aliphatic carbocycles. The minimum atomic E-state index is -1.15. The molecule has 6 nitrogen and oxygen atoms in total. The van der Waals surface area contributed by atoms with Crippen LogP contribution in [0.1, 0.15) is 87.5 Å². The molecule has 4 aliphatic rings. The minimum absolute atomic E-state index is 0.254. The number of carbonyl (C=O) groups excluding carboxylic acids is 2. The second-order valence-corrected chi connectivity index (χ2v) is 11.9. The van der Waals surface area contributed by atoms with Gasteiger partial charge in [-0.2, -0.15) is 0 Å². The topological polar surface area (TPSA) is 74.8 Å². The highest BCUT2D eigenvalue weighted by atomic mass is 19.1. The zero-order valence-electron chi connectivity index (χ0n) is 23.9. The van der Waals surface area contributed by atoms with Crippen LogP contribution in [-0.2, 0) is 32.1 Å². The van der Waals surface area contributed by atoms with Gasteiger partial charge in [-0.3, -0.25) is 24.8 Å². The first-order valence-electron chi connectivity index (χ1n) is 14.8. The lowest BCUT2D eigenvalue weighted by Crippen LogP contribution is -2.44. The number of hydrogen-bond acceptors (Lipinski definition) is 5. The van der Waals surface area contributed by atoms with Crippen LogP contribution in [0.5, 0.6) is 0 Å². The molecule has 3 aromatic rings. The smallest absolute Gasteiger partial charge is 0.234 e. The maximum Gasteiger partial charge on any atom is 0.234 e. The summed E-state index contributed by atoms with van der Waals surface area (Å²) in [7, 11) is 0. The molecule has 0 radical (unpaired) electrons. The van der Waals surface area contributed by atoms with Crippen molar-refractivity contribution in [3.8, 4) is 0 Å². The molecular weight excluding hydrogens is 524 g/mol. The van der Waals surface area contributed by atoms with Gasteiger partial charge in [-0.05, 0) is 67.9 Å². The van der Waals surface area contributed by atoms with Gasteiger partial charge in [0, 0.05) is 43.2 Å². The number of amides is 2. The molecule has 1 saturated carbocycles. The van der Waals surface area contributed by atoms with Crippen LogP contribution < -0.4 is 5.32 Å². The van der Waals surface area contributed by atoms with Gasteiger partial charge in [-0.25, -0.2) is 8.78 Å². The Hall–Kier alpha value is -3.23. The van der Waals surface area contributed by atoms with Crippen molar-refractivity contribution in [2.45, 2.75) is 88.6 Å². The molecule has 2 amide bonds. The summed E-state index contributed by atoms with van der Waals surface area (Å²) < 4.78 is 37.2. The molecule has 1 aromatic heterocycles. The van der Waals surface area contributed by atoms with Crippen molar-refractivity contribution in [3.05, 3.63) is 76.7 Å². The number of hydrogen-bond donors (Lipinski definition) is 1. The van der Waals surface area contributed by atoms with Gasteiger partial charge in [0.25, 0.3) is 0 Å². The molecule has 216 valence electrons. The van der Waals surface area contributed by atoms with E-state index >= 15 is 4.39 Å². The molecular formula is C33H37F2N3O3. The highest BCUT2D eigenvalue weighted by molar-refractivity contribution is 6.01. The summed E-state index contributed by atoms with van der Waals surface area (Å²) in [6.07, 6.45) is 5.05. The van der Waals surface area contributed by atoms with E-state index in [-0.39, 0.29) is 24.1 Å². The van der Waals surface area contributed by atoms with Gasteiger partial charge in [-0.15, -0.1) is 0 Å². The number of nitrogens with zero attached hydrogens (tertiary/aromatic N) is 2. The maximum atomic E-state index is 16.1. The number of carbonyl (C=O) groups is 2. The van der Waals surface area contributed by atoms with Crippen LogP contribution in [0.2, 0.25) is 0 Å². The summed E-state index contributed by atoms with van der Waals surface area (Å²) in [5.74, 6) is -1.54. The molecule has 3 aliphatic heterocycles. The number of rotatable bonds is 5. The summed E-state index contributed by atoms with van der Waals surface area (Å²) in [4.78, 5) is 30.7. The fraction of sp³-hybridized carbons (Fsp3) is 0.485. The number of epoxide rings is 1. The predicted octanol–water partition coefficient (Wildman–Crippen LogP) is 6.16. The maximum absolute atomic E-state index is 16.1. The van der Waals surface area contributed by atoms with Gasteiger partial charge >= 0.3 is 0 Å². The van der Waals surface area contributed by atoms with Crippen LogP contribution in [0.3, 0.4) is 0 Å². The normalized spacial score (nSPS) is 28.7. The molecule has 7 rings (SSSR count). The molecule has 4 heterocycles. The average Bonchev–Trinajstić information content (AvgIpc) is 3.59. The Morgan fingerprint density at radius 3 is 2.51 bits per heavy atom. The molecule has 3 atom stereocenters. The number of imide groups is 1. The van der Waals surface area contributed by atoms with E-state index in [1.165, 1.54) is 0 Å². The largest absolute Gasteiger partial charge is 0.356 e. The lowest BCUT2D eigenvalue weighted by Gasteiger charge is -2.35. The molecule has 1 N–H and O–H groups in total. The number of fused-ring (bicyclic) bond motifs is 2. The quantitative estimate of drug-likeness (QED) is 0.298. The molecule has 0 bridgehead atoms. The Morgan fingerprint density at radius 2 is 1.85 bits per heavy atom. The van der Waals surface area contributed by atoms with Crippen molar-refractivity contribution in [3.63, 3.8) is 0 Å². The van der Waals surface area contributed by atoms with Crippen molar-refractivity contribution in [2.75, 3.05) is 13.1 Å². The van der Waals surface area contributed by atoms with Crippen LogP contribution in [0.15, 0.2) is 48.7 Å². The third-order valence-electron chi connectivity index (χ3n) is 9.44. The molecule has 3 saturated heterocycles. The Kier molecular flexibility index (Phi) is 6.97. The lowest BCUT2D eigenvalue weighted by molar-refractivity contribution is -0.134. The van der Waals surface area contributed by atoms with Crippen molar-refractivity contribution in [1.82, 2.24) is 15.2 Å². The molecule has 41 heavy (non-hydrogen) atoms. The van der Waals surface area contributed by atoms with Crippen molar-refractivity contribution in [2.24, 2.45) is 0 Å². The number of aromatic nitrogens is 1. The van der Waals surface area contributed by atoms with Gasteiger partial charge in [0.1, 0.15) is 22.7 Å². The number of pyridine rings is 1. The van der Waals surface area contributed by atoms with Crippen LogP contribution in [-0.4, -0.2) is 40.4 Å². The van der Waals surface area contributed by atoms with Crippen LogP contribution in [0, 0.1) is 5.82 Å². The third kappa shape index (κ3) is 4.65. The molecule has 8 heteroatoms. The van der Waals surface area contributed by atoms with E-state index in [1.54, 1.807) is 18.3 Å². The number of ether oxygens (including phenoxy) is 1.